The Labute approximate surface area is 207 Å². The maximum absolute atomic E-state index is 13.3. The minimum absolute atomic E-state index is 0.0132. The van der Waals surface area contributed by atoms with Crippen LogP contribution in [-0.4, -0.2) is 72.5 Å². The van der Waals surface area contributed by atoms with E-state index in [2.05, 4.69) is 22.1 Å². The molecule has 0 spiro atoms. The number of carbonyl (C=O) groups excluding carboxylic acids is 2. The van der Waals surface area contributed by atoms with Gasteiger partial charge in [0.2, 0.25) is 5.91 Å². The standard InChI is InChI=1S/C26H38N4O3S/c1-3-4-5-6-8-22-9-11-23(12-10-22)25(32)30(14-7-13-29-15-17-33-18-16-29)20-24(31)28-26-27-19-21(2)34-26/h9-12,19H,3-8,13-18,20H2,1-2H3,(H,27,28,31). The van der Waals surface area contributed by atoms with E-state index >= 15 is 0 Å². The van der Waals surface area contributed by atoms with Crippen molar-refractivity contribution in [2.75, 3.05) is 51.3 Å². The summed E-state index contributed by atoms with van der Waals surface area (Å²) in [6.07, 6.45) is 8.48. The van der Waals surface area contributed by atoms with Crippen LogP contribution in [0.3, 0.4) is 0 Å². The first-order valence-electron chi connectivity index (χ1n) is 12.5. The molecule has 8 heteroatoms. The van der Waals surface area contributed by atoms with Gasteiger partial charge in [0.25, 0.3) is 5.91 Å². The van der Waals surface area contributed by atoms with Crippen molar-refractivity contribution in [2.45, 2.75) is 52.4 Å². The van der Waals surface area contributed by atoms with Crippen LogP contribution in [0.1, 0.15) is 59.8 Å². The van der Waals surface area contributed by atoms with E-state index in [0.717, 1.165) is 50.6 Å². The minimum Gasteiger partial charge on any atom is -0.379 e. The van der Waals surface area contributed by atoms with Gasteiger partial charge in [0, 0.05) is 42.8 Å². The fourth-order valence-electron chi connectivity index (χ4n) is 4.06. The predicted octanol–water partition coefficient (Wildman–Crippen LogP) is 4.38. The number of morpholine rings is 1. The maximum atomic E-state index is 13.3. The third-order valence-corrected chi connectivity index (χ3v) is 6.84. The van der Waals surface area contributed by atoms with E-state index in [1.54, 1.807) is 11.1 Å². The Hall–Kier alpha value is -2.29. The number of hydrogen-bond donors (Lipinski definition) is 1. The number of amides is 2. The van der Waals surface area contributed by atoms with E-state index in [0.29, 0.717) is 17.2 Å². The number of nitrogens with zero attached hydrogens (tertiary/aromatic N) is 3. The van der Waals surface area contributed by atoms with E-state index < -0.39 is 0 Å². The highest BCUT2D eigenvalue weighted by atomic mass is 32.1. The van der Waals surface area contributed by atoms with Crippen molar-refractivity contribution in [2.24, 2.45) is 0 Å². The quantitative estimate of drug-likeness (QED) is 0.426. The lowest BCUT2D eigenvalue weighted by Gasteiger charge is -2.28. The zero-order valence-electron chi connectivity index (χ0n) is 20.6. The van der Waals surface area contributed by atoms with Crippen LogP contribution < -0.4 is 5.32 Å². The molecule has 1 aliphatic heterocycles. The molecule has 0 unspecified atom stereocenters. The smallest absolute Gasteiger partial charge is 0.254 e. The average Bonchev–Trinajstić information content (AvgIpc) is 3.26. The minimum atomic E-state index is -0.221. The molecule has 1 aliphatic rings. The number of unbranched alkanes of at least 4 members (excludes halogenated alkanes) is 3. The molecule has 0 atom stereocenters. The third kappa shape index (κ3) is 8.81. The van der Waals surface area contributed by atoms with Crippen LogP contribution in [0, 0.1) is 6.92 Å². The summed E-state index contributed by atoms with van der Waals surface area (Å²) in [5.74, 6) is -0.327. The Bertz CT molecular complexity index is 894. The molecule has 1 saturated heterocycles. The van der Waals surface area contributed by atoms with Gasteiger partial charge in [0.1, 0.15) is 6.54 Å². The van der Waals surface area contributed by atoms with Gasteiger partial charge in [-0.2, -0.15) is 0 Å². The maximum Gasteiger partial charge on any atom is 0.254 e. The molecule has 1 fully saturated rings. The number of anilines is 1. The number of ether oxygens (including phenoxy) is 1. The highest BCUT2D eigenvalue weighted by molar-refractivity contribution is 7.15. The molecule has 1 aromatic carbocycles. The van der Waals surface area contributed by atoms with Crippen molar-refractivity contribution in [3.8, 4) is 0 Å². The molecule has 2 aromatic rings. The lowest BCUT2D eigenvalue weighted by atomic mass is 10.0. The second-order valence-corrected chi connectivity index (χ2v) is 10.1. The Kier molecular flexibility index (Phi) is 11.0. The number of nitrogens with one attached hydrogen (secondary N) is 1. The van der Waals surface area contributed by atoms with Gasteiger partial charge in [-0.05, 0) is 43.9 Å². The molecule has 0 bridgehead atoms. The van der Waals surface area contributed by atoms with Gasteiger partial charge in [-0.1, -0.05) is 38.3 Å². The van der Waals surface area contributed by atoms with Crippen LogP contribution >= 0.6 is 11.3 Å². The van der Waals surface area contributed by atoms with Crippen molar-refractivity contribution >= 4 is 28.3 Å². The summed E-state index contributed by atoms with van der Waals surface area (Å²) >= 11 is 1.43. The Morgan fingerprint density at radius 2 is 1.88 bits per heavy atom. The number of aromatic nitrogens is 1. The SMILES string of the molecule is CCCCCCc1ccc(C(=O)N(CCCN2CCOCC2)CC(=O)Nc2ncc(C)s2)cc1. The highest BCUT2D eigenvalue weighted by Gasteiger charge is 2.20. The van der Waals surface area contributed by atoms with Crippen LogP contribution in [0.2, 0.25) is 0 Å². The first-order chi connectivity index (χ1) is 16.5. The molecule has 2 heterocycles. The lowest BCUT2D eigenvalue weighted by molar-refractivity contribution is -0.116. The Morgan fingerprint density at radius 3 is 2.56 bits per heavy atom. The first-order valence-corrected chi connectivity index (χ1v) is 13.3. The Morgan fingerprint density at radius 1 is 1.12 bits per heavy atom. The van der Waals surface area contributed by atoms with E-state index in [4.69, 9.17) is 4.74 Å². The van der Waals surface area contributed by atoms with E-state index in [1.165, 1.54) is 42.6 Å². The molecule has 7 nitrogen and oxygen atoms in total. The van der Waals surface area contributed by atoms with Gasteiger partial charge in [-0.25, -0.2) is 4.98 Å². The summed E-state index contributed by atoms with van der Waals surface area (Å²) in [5.41, 5.74) is 1.88. The largest absolute Gasteiger partial charge is 0.379 e. The van der Waals surface area contributed by atoms with Crippen LogP contribution in [0.15, 0.2) is 30.5 Å². The van der Waals surface area contributed by atoms with Gasteiger partial charge in [-0.15, -0.1) is 11.3 Å². The molecule has 0 aliphatic carbocycles. The average molecular weight is 487 g/mol. The van der Waals surface area contributed by atoms with Gasteiger partial charge in [0.15, 0.2) is 5.13 Å². The summed E-state index contributed by atoms with van der Waals surface area (Å²) < 4.78 is 5.42. The van der Waals surface area contributed by atoms with Crippen molar-refractivity contribution in [3.05, 3.63) is 46.5 Å². The summed E-state index contributed by atoms with van der Waals surface area (Å²) in [4.78, 5) is 35.3. The number of rotatable bonds is 13. The highest BCUT2D eigenvalue weighted by Crippen LogP contribution is 2.17. The number of thiazole rings is 1. The van der Waals surface area contributed by atoms with Gasteiger partial charge < -0.3 is 15.0 Å². The molecule has 1 N–H and O–H groups in total. The van der Waals surface area contributed by atoms with Gasteiger partial charge in [-0.3, -0.25) is 14.5 Å². The van der Waals surface area contributed by atoms with Crippen LogP contribution in [0.4, 0.5) is 5.13 Å². The zero-order chi connectivity index (χ0) is 24.2. The summed E-state index contributed by atoms with van der Waals surface area (Å²) in [6.45, 7) is 8.92. The number of aryl methyl sites for hydroxylation is 2. The summed E-state index contributed by atoms with van der Waals surface area (Å²) in [7, 11) is 0. The number of carbonyl (C=O) groups is 2. The van der Waals surface area contributed by atoms with Crippen molar-refractivity contribution in [3.63, 3.8) is 0 Å². The van der Waals surface area contributed by atoms with Crippen LogP contribution in [0.25, 0.3) is 0 Å². The van der Waals surface area contributed by atoms with E-state index in [-0.39, 0.29) is 18.4 Å². The molecule has 3 rings (SSSR count). The fourth-order valence-corrected chi connectivity index (χ4v) is 4.74. The number of hydrogen-bond acceptors (Lipinski definition) is 6. The van der Waals surface area contributed by atoms with E-state index in [9.17, 15) is 9.59 Å². The second-order valence-electron chi connectivity index (χ2n) is 8.87. The second kappa shape index (κ2) is 14.2. The summed E-state index contributed by atoms with van der Waals surface area (Å²) in [5, 5.41) is 3.39. The fraction of sp³-hybridized carbons (Fsp3) is 0.577. The normalized spacial score (nSPS) is 14.2. The molecule has 1 aromatic heterocycles. The monoisotopic (exact) mass is 486 g/mol. The molecule has 0 saturated carbocycles. The molecule has 34 heavy (non-hydrogen) atoms. The predicted molar refractivity (Wildman–Crippen MR) is 138 cm³/mol. The number of benzene rings is 1. The lowest BCUT2D eigenvalue weighted by Crippen LogP contribution is -2.41. The van der Waals surface area contributed by atoms with Crippen molar-refractivity contribution < 1.29 is 14.3 Å². The van der Waals surface area contributed by atoms with Crippen molar-refractivity contribution in [1.29, 1.82) is 0 Å². The van der Waals surface area contributed by atoms with Gasteiger partial charge >= 0.3 is 0 Å². The Balaban J connectivity index is 1.59. The van der Waals surface area contributed by atoms with E-state index in [1.807, 2.05) is 31.2 Å². The molecule has 2 amide bonds. The molecule has 186 valence electrons. The third-order valence-electron chi connectivity index (χ3n) is 6.02. The topological polar surface area (TPSA) is 74.8 Å². The van der Waals surface area contributed by atoms with Gasteiger partial charge in [0.05, 0.1) is 13.2 Å². The summed E-state index contributed by atoms with van der Waals surface area (Å²) in [6, 6.07) is 7.89. The molecular formula is C26H38N4O3S. The van der Waals surface area contributed by atoms with Crippen molar-refractivity contribution in [1.82, 2.24) is 14.8 Å². The van der Waals surface area contributed by atoms with Crippen LogP contribution in [0.5, 0.6) is 0 Å². The zero-order valence-corrected chi connectivity index (χ0v) is 21.4. The first kappa shape index (κ1) is 26.3. The molecule has 0 radical (unpaired) electrons. The molecular weight excluding hydrogens is 448 g/mol. The van der Waals surface area contributed by atoms with Crippen LogP contribution in [-0.2, 0) is 16.0 Å².